The van der Waals surface area contributed by atoms with E-state index in [2.05, 4.69) is 0 Å². The van der Waals surface area contributed by atoms with Gasteiger partial charge in [0.2, 0.25) is 0 Å². The van der Waals surface area contributed by atoms with Crippen molar-refractivity contribution in [2.24, 2.45) is 0 Å². The summed E-state index contributed by atoms with van der Waals surface area (Å²) in [6.45, 7) is 1.66. The predicted octanol–water partition coefficient (Wildman–Crippen LogP) is 0.373. The molecule has 0 aromatic heterocycles. The van der Waals surface area contributed by atoms with Gasteiger partial charge in [0.05, 0.1) is 0 Å². The van der Waals surface area contributed by atoms with E-state index in [-0.39, 0.29) is 17.4 Å². The minimum absolute atomic E-state index is 0. The topological polar surface area (TPSA) is 23.1 Å². The summed E-state index contributed by atoms with van der Waals surface area (Å²) in [6.07, 6.45) is 1.13. The molecule has 3 heteroatoms. The predicted molar refractivity (Wildman–Crippen MR) is 35.2 cm³/mol. The molecule has 0 aliphatic rings. The van der Waals surface area contributed by atoms with Crippen molar-refractivity contribution in [1.82, 2.24) is 0 Å². The summed E-state index contributed by atoms with van der Waals surface area (Å²) in [7, 11) is 0. The average molecular weight is 149 g/mol. The quantitative estimate of drug-likeness (QED) is 0.419. The molecule has 0 spiro atoms. The van der Waals surface area contributed by atoms with Gasteiger partial charge in [0.1, 0.15) is 0 Å². The van der Waals surface area contributed by atoms with Crippen molar-refractivity contribution in [3.8, 4) is 0 Å². The summed E-state index contributed by atoms with van der Waals surface area (Å²) in [6, 6.07) is 0. The van der Waals surface area contributed by atoms with Crippen molar-refractivity contribution in [2.75, 3.05) is 5.88 Å². The Morgan fingerprint density at radius 2 is 2.12 bits per heavy atom. The maximum atomic E-state index is 10.2. The van der Waals surface area contributed by atoms with Gasteiger partial charge in [-0.15, -0.1) is 17.7 Å². The van der Waals surface area contributed by atoms with Crippen LogP contribution in [0.5, 0.6) is 0 Å². The number of rotatable bonds is 3. The van der Waals surface area contributed by atoms with E-state index >= 15 is 0 Å². The van der Waals surface area contributed by atoms with E-state index in [1.807, 2.05) is 0 Å². The van der Waals surface area contributed by atoms with Crippen LogP contribution in [0.2, 0.25) is 0 Å². The Hall–Kier alpha value is 0.782. The smallest absolute Gasteiger partial charge is 0.852 e. The Kier molecular flexibility index (Phi) is 11.2. The van der Waals surface area contributed by atoms with Crippen molar-refractivity contribution < 1.29 is 5.11 Å². The molecule has 0 fully saturated rings. The van der Waals surface area contributed by atoms with Gasteiger partial charge in [-0.2, -0.15) is 0 Å². The van der Waals surface area contributed by atoms with Gasteiger partial charge >= 0.3 is 17.4 Å². The Morgan fingerprint density at radius 3 is 2.25 bits per heavy atom. The number of halogens is 1. The second-order valence-corrected chi connectivity index (χ2v) is 2.02. The van der Waals surface area contributed by atoms with Gasteiger partial charge < -0.3 is 5.11 Å². The van der Waals surface area contributed by atoms with E-state index in [1.165, 1.54) is 0 Å². The first kappa shape index (κ1) is 11.6. The van der Waals surface area contributed by atoms with Crippen LogP contribution < -0.4 is 5.11 Å². The SMILES string of the molecule is CC([O-])CCCCl.[Al+]. The van der Waals surface area contributed by atoms with E-state index in [9.17, 15) is 5.11 Å². The summed E-state index contributed by atoms with van der Waals surface area (Å²) < 4.78 is 0. The van der Waals surface area contributed by atoms with Crippen LogP contribution in [0.15, 0.2) is 0 Å². The largest absolute Gasteiger partial charge is 1.00 e. The van der Waals surface area contributed by atoms with E-state index in [0.29, 0.717) is 12.3 Å². The zero-order valence-electron chi connectivity index (χ0n) is 5.06. The molecular weight excluding hydrogens is 138 g/mol. The van der Waals surface area contributed by atoms with Gasteiger partial charge in [0, 0.05) is 5.88 Å². The molecule has 1 unspecified atom stereocenters. The Bertz CT molecular complexity index is 41.4. The molecule has 0 amide bonds. The van der Waals surface area contributed by atoms with Crippen molar-refractivity contribution in [3.63, 3.8) is 0 Å². The average Bonchev–Trinajstić information content (AvgIpc) is 1.61. The summed E-state index contributed by atoms with van der Waals surface area (Å²) in [5.41, 5.74) is 0. The monoisotopic (exact) mass is 148 g/mol. The summed E-state index contributed by atoms with van der Waals surface area (Å²) in [4.78, 5) is 0. The summed E-state index contributed by atoms with van der Waals surface area (Å²) in [5.74, 6) is 0.618. The fraction of sp³-hybridized carbons (Fsp3) is 1.00. The molecule has 0 aliphatic carbocycles. The van der Waals surface area contributed by atoms with E-state index in [4.69, 9.17) is 11.6 Å². The fourth-order valence-electron chi connectivity index (χ4n) is 0.365. The third kappa shape index (κ3) is 9.92. The second-order valence-electron chi connectivity index (χ2n) is 1.64. The van der Waals surface area contributed by atoms with Crippen LogP contribution in [0.3, 0.4) is 0 Å². The molecular formula is C5H10AlClO. The normalized spacial score (nSPS) is 12.4. The summed E-state index contributed by atoms with van der Waals surface area (Å²) in [5, 5.41) is 10.2. The molecule has 46 valence electrons. The van der Waals surface area contributed by atoms with Crippen LogP contribution in [0.4, 0.5) is 0 Å². The number of hydrogen-bond acceptors (Lipinski definition) is 1. The van der Waals surface area contributed by atoms with E-state index in [1.54, 1.807) is 6.92 Å². The van der Waals surface area contributed by atoms with Gasteiger partial charge in [-0.3, -0.25) is 0 Å². The van der Waals surface area contributed by atoms with Crippen LogP contribution in [0, 0.1) is 0 Å². The number of alkyl halides is 1. The molecule has 0 bridgehead atoms. The van der Waals surface area contributed by atoms with Gasteiger partial charge in [0.25, 0.3) is 0 Å². The van der Waals surface area contributed by atoms with Crippen molar-refractivity contribution >= 4 is 29.0 Å². The Morgan fingerprint density at radius 1 is 1.62 bits per heavy atom. The molecule has 0 aliphatic heterocycles. The van der Waals surface area contributed by atoms with Crippen LogP contribution >= 0.6 is 11.6 Å². The van der Waals surface area contributed by atoms with Crippen LogP contribution in [0.25, 0.3) is 0 Å². The van der Waals surface area contributed by atoms with Crippen LogP contribution in [-0.2, 0) is 0 Å². The fourth-order valence-corrected chi connectivity index (χ4v) is 0.519. The number of hydrogen-bond donors (Lipinski definition) is 0. The van der Waals surface area contributed by atoms with Gasteiger partial charge in [0.15, 0.2) is 0 Å². The molecule has 8 heavy (non-hydrogen) atoms. The minimum atomic E-state index is -0.432. The van der Waals surface area contributed by atoms with Gasteiger partial charge in [-0.1, -0.05) is 13.3 Å². The molecule has 2 radical (unpaired) electrons. The zero-order valence-corrected chi connectivity index (χ0v) is 6.97. The molecule has 0 heterocycles. The molecule has 0 aromatic carbocycles. The summed E-state index contributed by atoms with van der Waals surface area (Å²) >= 11 is 5.31. The van der Waals surface area contributed by atoms with Crippen molar-refractivity contribution in [2.45, 2.75) is 25.9 Å². The first-order valence-corrected chi connectivity index (χ1v) is 3.02. The minimum Gasteiger partial charge on any atom is -0.852 e. The van der Waals surface area contributed by atoms with Gasteiger partial charge in [-0.25, -0.2) is 0 Å². The van der Waals surface area contributed by atoms with Crippen molar-refractivity contribution in [1.29, 1.82) is 0 Å². The van der Waals surface area contributed by atoms with Crippen molar-refractivity contribution in [3.05, 3.63) is 0 Å². The maximum Gasteiger partial charge on any atom is 1.00 e. The van der Waals surface area contributed by atoms with Gasteiger partial charge in [-0.05, 0) is 6.42 Å². The third-order valence-corrected chi connectivity index (χ3v) is 1.01. The molecule has 1 nitrogen and oxygen atoms in total. The molecule has 0 saturated heterocycles. The zero-order chi connectivity index (χ0) is 5.70. The van der Waals surface area contributed by atoms with E-state index < -0.39 is 6.10 Å². The molecule has 1 atom stereocenters. The Balaban J connectivity index is 0. The van der Waals surface area contributed by atoms with Crippen LogP contribution in [-0.4, -0.2) is 29.3 Å². The first-order chi connectivity index (χ1) is 3.27. The molecule has 0 N–H and O–H groups in total. The maximum absolute atomic E-state index is 10.2. The first-order valence-electron chi connectivity index (χ1n) is 2.49. The Labute approximate surface area is 66.2 Å². The molecule has 0 aromatic rings. The van der Waals surface area contributed by atoms with Crippen LogP contribution in [0.1, 0.15) is 19.8 Å². The molecule has 0 saturated carbocycles. The molecule has 0 rings (SSSR count). The standard InChI is InChI=1S/C5H10ClO.Al/c1-5(7)3-2-4-6;/h5H,2-4H2,1H3;/q-1;+1. The van der Waals surface area contributed by atoms with E-state index in [0.717, 1.165) is 6.42 Å². The second kappa shape index (κ2) is 7.78. The third-order valence-electron chi connectivity index (χ3n) is 0.744.